The Kier molecular flexibility index (Phi) is 26.0. The van der Waals surface area contributed by atoms with Crippen LogP contribution >= 0.6 is 15.9 Å². The summed E-state index contributed by atoms with van der Waals surface area (Å²) in [5.74, 6) is 3.34. The smallest absolute Gasteiger partial charge is 0.341 e. The van der Waals surface area contributed by atoms with Crippen molar-refractivity contribution in [1.29, 1.82) is 0 Å². The Labute approximate surface area is 614 Å². The second-order valence-electron chi connectivity index (χ2n) is 25.4. The number of aryl methyl sites for hydroxylation is 2. The molecule has 12 rings (SSSR count). The van der Waals surface area contributed by atoms with E-state index < -0.39 is 68.9 Å². The first-order chi connectivity index (χ1) is 50.6. The monoisotopic (exact) mass is 1530 g/mol. The molecule has 24 nitrogen and oxygen atoms in total. The van der Waals surface area contributed by atoms with Crippen LogP contribution in [0.4, 0.5) is 40.8 Å². The number of carbonyl (C=O) groups is 4. The molecule has 0 fully saturated rings. The van der Waals surface area contributed by atoms with Crippen molar-refractivity contribution in [2.75, 3.05) is 42.8 Å². The zero-order chi connectivity index (χ0) is 78.7. The van der Waals surface area contributed by atoms with E-state index in [1.807, 2.05) is 55.4 Å². The van der Waals surface area contributed by atoms with Crippen LogP contribution in [0.15, 0.2) is 114 Å². The highest BCUT2D eigenvalue weighted by Crippen LogP contribution is 2.30. The zero-order valence-corrected chi connectivity index (χ0v) is 61.4. The normalized spacial score (nSPS) is 11.1. The lowest BCUT2D eigenvalue weighted by Gasteiger charge is -2.09. The zero-order valence-electron chi connectivity index (χ0n) is 59.8. The highest BCUT2D eigenvalue weighted by molar-refractivity contribution is 9.10. The molecule has 556 valence electrons. The quantitative estimate of drug-likeness (QED) is 0.0235. The number of hydrogen-bond donors (Lipinski definition) is 5. The van der Waals surface area contributed by atoms with Gasteiger partial charge in [0.05, 0.1) is 72.9 Å². The second kappa shape index (κ2) is 34.6. The van der Waals surface area contributed by atoms with Crippen molar-refractivity contribution >= 4 is 151 Å². The molecule has 12 aromatic rings. The minimum absolute atomic E-state index is 0.000479. The Bertz CT molecular complexity index is 5920. The number of ether oxygens (including phenoxy) is 3. The number of aromatic nitrogens is 4. The number of terminal acetylenes is 1. The molecule has 4 aromatic carbocycles. The number of anilines is 4. The number of nitrogens with two attached hydrogens (primary N) is 4. The molecule has 0 bridgehead atoms. The maximum atomic E-state index is 14.4. The summed E-state index contributed by atoms with van der Waals surface area (Å²) in [5, 5.41) is 10.1. The Morgan fingerprint density at radius 2 is 0.757 bits per heavy atom. The number of carbonyl (C=O) groups excluding carboxylic acids is 3. The molecule has 0 spiro atoms. The van der Waals surface area contributed by atoms with Crippen LogP contribution in [0.1, 0.15) is 147 Å². The number of halogens is 5. The Hall–Kier alpha value is -12.2. The van der Waals surface area contributed by atoms with E-state index in [2.05, 4.69) is 53.6 Å². The van der Waals surface area contributed by atoms with Gasteiger partial charge in [-0.05, 0) is 134 Å². The van der Waals surface area contributed by atoms with Gasteiger partial charge < -0.3 is 59.9 Å². The molecule has 107 heavy (non-hydrogen) atoms. The molecular weight excluding hydrogens is 1460 g/mol. The van der Waals surface area contributed by atoms with Crippen molar-refractivity contribution in [3.05, 3.63) is 180 Å². The van der Waals surface area contributed by atoms with Gasteiger partial charge in [-0.1, -0.05) is 67.2 Å². The number of hydrogen-bond acceptors (Lipinski definition) is 23. The average Bonchev–Trinajstić information content (AvgIpc) is 0.768. The van der Waals surface area contributed by atoms with Gasteiger partial charge in [-0.2, -0.15) is 19.9 Å². The molecular formula is C78H73BrF4N8O16. The fourth-order valence-corrected chi connectivity index (χ4v) is 10.6. The van der Waals surface area contributed by atoms with Gasteiger partial charge >= 0.3 is 23.9 Å². The molecule has 8 heterocycles. The van der Waals surface area contributed by atoms with E-state index in [9.17, 15) is 55.9 Å². The van der Waals surface area contributed by atoms with E-state index in [4.69, 9.17) is 66.3 Å². The van der Waals surface area contributed by atoms with E-state index >= 15 is 0 Å². The first kappa shape index (κ1) is 80.4. The van der Waals surface area contributed by atoms with Gasteiger partial charge in [-0.3, -0.25) is 19.2 Å². The first-order valence-corrected chi connectivity index (χ1v) is 34.2. The van der Waals surface area contributed by atoms with E-state index in [0.717, 1.165) is 37.1 Å². The average molecular weight is 1530 g/mol. The van der Waals surface area contributed by atoms with Crippen LogP contribution in [0, 0.1) is 71.1 Å². The van der Waals surface area contributed by atoms with E-state index in [1.54, 1.807) is 20.8 Å². The van der Waals surface area contributed by atoms with Crippen LogP contribution in [0.3, 0.4) is 0 Å². The molecule has 29 heteroatoms. The molecule has 0 unspecified atom stereocenters. The summed E-state index contributed by atoms with van der Waals surface area (Å²) in [6, 6.07) is 15.2. The van der Waals surface area contributed by atoms with Gasteiger partial charge in [0.2, 0.25) is 44.6 Å². The minimum atomic E-state index is -1.29. The van der Waals surface area contributed by atoms with Crippen LogP contribution < -0.4 is 44.6 Å². The number of carboxylic acids is 1. The standard InChI is InChI=1S/C20H21FN2O4.C20H17FN2O4.C18H17FN2O4.C15H10BrFN2O4.C5H8/c2*1-4-26-20(25)14-8-13-17(24)12-7-11(6-5-10(2)3)15(21)9-16(12)27-19(13)23-18(14)22;1-8(2)3-4-9-5-10-14(7-13(9)19)25-17-11(15(10)22)6-12(18(23)24)16(20)21-17;1-2-22-15(21)8-3-7-12(20)6-4-9(16)10(17)5-11(6)23-14(7)19-13(8)18;1-4-5(2)3/h7-10H,4-6H2,1-3H3,(H2,22,23);7-10H,4H2,1-3H3,(H2,22,23);5-8H,3-4H2,1-2H3,(H2,20,21)(H,23,24);3-5H,2H2,1H3,(H2,18,19);1,5H,2-3H3. The molecule has 0 aliphatic carbocycles. The molecule has 8 aromatic heterocycles. The highest BCUT2D eigenvalue weighted by Gasteiger charge is 2.24. The fourth-order valence-electron chi connectivity index (χ4n) is 10.2. The third kappa shape index (κ3) is 18.6. The summed E-state index contributed by atoms with van der Waals surface area (Å²) in [6.45, 7) is 21.3. The molecule has 9 N–H and O–H groups in total. The number of benzene rings is 4. The molecule has 0 aliphatic heterocycles. The summed E-state index contributed by atoms with van der Waals surface area (Å²) in [5.41, 5.74) is 21.6. The number of carboxylic acid groups (broad SMARTS) is 1. The molecule has 0 saturated carbocycles. The number of nitrogens with zero attached hydrogens (tertiary/aromatic N) is 4. The molecule has 0 radical (unpaired) electrons. The fraction of sp³-hybridized carbons (Fsp3) is 0.282. The van der Waals surface area contributed by atoms with Gasteiger partial charge in [-0.15, -0.1) is 12.3 Å². The van der Waals surface area contributed by atoms with Gasteiger partial charge in [0, 0.05) is 36.1 Å². The van der Waals surface area contributed by atoms with E-state index in [1.165, 1.54) is 48.5 Å². The first-order valence-electron chi connectivity index (χ1n) is 33.4. The van der Waals surface area contributed by atoms with Crippen molar-refractivity contribution in [1.82, 2.24) is 19.9 Å². The van der Waals surface area contributed by atoms with Gasteiger partial charge in [-0.25, -0.2) is 36.7 Å². The number of esters is 3. The van der Waals surface area contributed by atoms with Crippen molar-refractivity contribution in [2.24, 2.45) is 23.7 Å². The van der Waals surface area contributed by atoms with Crippen LogP contribution in [-0.2, 0) is 27.1 Å². The highest BCUT2D eigenvalue weighted by atomic mass is 79.9. The van der Waals surface area contributed by atoms with Gasteiger partial charge in [0.15, 0.2) is 0 Å². The minimum Gasteiger partial charge on any atom is -0.478 e. The van der Waals surface area contributed by atoms with Crippen molar-refractivity contribution in [3.63, 3.8) is 0 Å². The molecule has 0 atom stereocenters. The number of nitrogen functional groups attached to an aromatic ring is 4. The SMILES string of the molecule is C#CC(C)C.CC(C)CCc1cc2c(=O)c3cc(C(=O)O)c(N)nc3oc2cc1F.CCOC(=O)c1cc2c(=O)c3cc(Br)c(F)cc3oc2nc1N.CCOC(=O)c1cc2c(=O)c3cc(C#CC(C)C)c(F)cc3oc2nc1N.CCOC(=O)c1cc2c(=O)c3cc(CCC(C)C)c(F)cc3oc2nc1N. The molecule has 0 saturated heterocycles. The van der Waals surface area contributed by atoms with Crippen molar-refractivity contribution < 1.29 is 73.7 Å². The van der Waals surface area contributed by atoms with E-state index in [-0.39, 0.29) is 170 Å². The maximum absolute atomic E-state index is 14.4. The molecule has 0 aliphatic rings. The third-order valence-electron chi connectivity index (χ3n) is 15.8. The van der Waals surface area contributed by atoms with Crippen LogP contribution in [0.2, 0.25) is 0 Å². The Morgan fingerprint density at radius 1 is 0.458 bits per heavy atom. The van der Waals surface area contributed by atoms with Crippen molar-refractivity contribution in [3.8, 4) is 24.2 Å². The molecule has 0 amide bonds. The number of aromatic carboxylic acids is 1. The topological polar surface area (TPSA) is 393 Å². The van der Waals surface area contributed by atoms with Crippen LogP contribution in [-0.4, -0.2) is 68.7 Å². The number of fused-ring (bicyclic) bond motifs is 8. The maximum Gasteiger partial charge on any atom is 0.341 e. The number of rotatable bonds is 13. The summed E-state index contributed by atoms with van der Waals surface area (Å²) < 4.78 is 93.4. The van der Waals surface area contributed by atoms with Crippen LogP contribution in [0.25, 0.3) is 88.3 Å². The van der Waals surface area contributed by atoms with Gasteiger partial charge in [0.1, 0.15) is 91.1 Å². The lowest BCUT2D eigenvalue weighted by Crippen LogP contribution is -2.12. The summed E-state index contributed by atoms with van der Waals surface area (Å²) in [6.07, 6.45) is 7.52. The van der Waals surface area contributed by atoms with Gasteiger partial charge in [0.25, 0.3) is 0 Å². The van der Waals surface area contributed by atoms with Crippen LogP contribution in [0.5, 0.6) is 0 Å². The summed E-state index contributed by atoms with van der Waals surface area (Å²) in [7, 11) is 0. The third-order valence-corrected chi connectivity index (χ3v) is 16.4. The number of pyridine rings is 4. The summed E-state index contributed by atoms with van der Waals surface area (Å²) >= 11 is 3.02. The van der Waals surface area contributed by atoms with Crippen molar-refractivity contribution in [2.45, 2.75) is 102 Å². The Morgan fingerprint density at radius 3 is 1.07 bits per heavy atom. The predicted octanol–water partition coefficient (Wildman–Crippen LogP) is 14.7. The second-order valence-corrected chi connectivity index (χ2v) is 26.2. The predicted molar refractivity (Wildman–Crippen MR) is 403 cm³/mol. The Balaban J connectivity index is 0.000000176. The lowest BCUT2D eigenvalue weighted by molar-refractivity contribution is 0.0517. The summed E-state index contributed by atoms with van der Waals surface area (Å²) in [4.78, 5) is 114. The lowest BCUT2D eigenvalue weighted by atomic mass is 10.0. The largest absolute Gasteiger partial charge is 0.478 e. The van der Waals surface area contributed by atoms with E-state index in [0.29, 0.717) is 41.7 Å².